The van der Waals surface area contributed by atoms with Gasteiger partial charge in [-0.2, -0.15) is 0 Å². The summed E-state index contributed by atoms with van der Waals surface area (Å²) in [5, 5.41) is 3.56. The Morgan fingerprint density at radius 3 is 2.16 bits per heavy atom. The standard InChI is InChI=1S/C17H31NS/c1-4-5-6-7-8-9-10-11-12-18-14-17-13-15(2)16(3)19-17/h13,18H,4-12,14H2,1-3H3. The molecule has 1 N–H and O–H groups in total. The van der Waals surface area contributed by atoms with E-state index in [1.54, 1.807) is 0 Å². The van der Waals surface area contributed by atoms with Gasteiger partial charge in [-0.3, -0.25) is 0 Å². The van der Waals surface area contributed by atoms with Gasteiger partial charge in [-0.1, -0.05) is 51.9 Å². The van der Waals surface area contributed by atoms with Crippen LogP contribution in [-0.2, 0) is 6.54 Å². The summed E-state index contributed by atoms with van der Waals surface area (Å²) in [6, 6.07) is 2.32. The molecule has 1 aromatic rings. The zero-order chi connectivity index (χ0) is 13.9. The summed E-state index contributed by atoms with van der Waals surface area (Å²) in [6.07, 6.45) is 11.2. The highest BCUT2D eigenvalue weighted by Gasteiger charge is 2.00. The molecule has 2 heteroatoms. The molecule has 1 rings (SSSR count). The van der Waals surface area contributed by atoms with Gasteiger partial charge in [-0.25, -0.2) is 0 Å². The average molecular weight is 282 g/mol. The molecule has 110 valence electrons. The van der Waals surface area contributed by atoms with Crippen LogP contribution in [0.5, 0.6) is 0 Å². The second kappa shape index (κ2) is 10.4. The predicted molar refractivity (Wildman–Crippen MR) is 88.1 cm³/mol. The highest BCUT2D eigenvalue weighted by molar-refractivity contribution is 7.12. The number of nitrogens with one attached hydrogen (secondary N) is 1. The van der Waals surface area contributed by atoms with Crippen molar-refractivity contribution in [3.63, 3.8) is 0 Å². The van der Waals surface area contributed by atoms with Gasteiger partial charge in [0, 0.05) is 16.3 Å². The normalized spacial score (nSPS) is 11.1. The third-order valence-corrected chi connectivity index (χ3v) is 4.88. The third kappa shape index (κ3) is 7.74. The Morgan fingerprint density at radius 2 is 1.58 bits per heavy atom. The molecule has 0 spiro atoms. The zero-order valence-electron chi connectivity index (χ0n) is 13.1. The summed E-state index contributed by atoms with van der Waals surface area (Å²) in [5.41, 5.74) is 1.44. The summed E-state index contributed by atoms with van der Waals surface area (Å²) < 4.78 is 0. The molecule has 0 aliphatic heterocycles. The van der Waals surface area contributed by atoms with Crippen molar-refractivity contribution in [2.75, 3.05) is 6.54 Å². The van der Waals surface area contributed by atoms with Crippen molar-refractivity contribution >= 4 is 11.3 Å². The van der Waals surface area contributed by atoms with Crippen molar-refractivity contribution in [2.45, 2.75) is 78.7 Å². The summed E-state index contributed by atoms with van der Waals surface area (Å²) in [4.78, 5) is 2.94. The topological polar surface area (TPSA) is 12.0 Å². The maximum absolute atomic E-state index is 3.56. The fourth-order valence-electron chi connectivity index (χ4n) is 2.33. The zero-order valence-corrected chi connectivity index (χ0v) is 13.9. The van der Waals surface area contributed by atoms with Gasteiger partial charge < -0.3 is 5.32 Å². The first-order valence-corrected chi connectivity index (χ1v) is 8.82. The van der Waals surface area contributed by atoms with Crippen LogP contribution >= 0.6 is 11.3 Å². The fraction of sp³-hybridized carbons (Fsp3) is 0.765. The van der Waals surface area contributed by atoms with E-state index < -0.39 is 0 Å². The lowest BCUT2D eigenvalue weighted by Crippen LogP contribution is -2.13. The molecule has 0 amide bonds. The van der Waals surface area contributed by atoms with Gasteiger partial charge in [0.1, 0.15) is 0 Å². The van der Waals surface area contributed by atoms with Crippen LogP contribution < -0.4 is 5.32 Å². The Morgan fingerprint density at radius 1 is 0.947 bits per heavy atom. The first-order chi connectivity index (χ1) is 9.24. The van der Waals surface area contributed by atoms with Gasteiger partial charge in [0.25, 0.3) is 0 Å². The smallest absolute Gasteiger partial charge is 0.0299 e. The Labute approximate surface area is 123 Å². The Balaban J connectivity index is 1.88. The van der Waals surface area contributed by atoms with E-state index in [4.69, 9.17) is 0 Å². The Kier molecular flexibility index (Phi) is 9.19. The summed E-state index contributed by atoms with van der Waals surface area (Å²) in [5.74, 6) is 0. The molecule has 0 radical (unpaired) electrons. The van der Waals surface area contributed by atoms with E-state index in [0.29, 0.717) is 0 Å². The maximum atomic E-state index is 3.56. The second-order valence-corrected chi connectivity index (χ2v) is 6.94. The minimum Gasteiger partial charge on any atom is -0.312 e. The molecule has 0 bridgehead atoms. The Bertz CT molecular complexity index is 311. The van der Waals surface area contributed by atoms with Crippen LogP contribution in [0.2, 0.25) is 0 Å². The van der Waals surface area contributed by atoms with Crippen molar-refractivity contribution in [1.82, 2.24) is 5.32 Å². The maximum Gasteiger partial charge on any atom is 0.0299 e. The van der Waals surface area contributed by atoms with Gasteiger partial charge in [0.2, 0.25) is 0 Å². The molecule has 19 heavy (non-hydrogen) atoms. The van der Waals surface area contributed by atoms with Crippen LogP contribution in [0.15, 0.2) is 6.07 Å². The van der Waals surface area contributed by atoms with Gasteiger partial charge in [-0.15, -0.1) is 11.3 Å². The van der Waals surface area contributed by atoms with Crippen molar-refractivity contribution in [1.29, 1.82) is 0 Å². The van der Waals surface area contributed by atoms with Gasteiger partial charge in [0.15, 0.2) is 0 Å². The highest BCUT2D eigenvalue weighted by Crippen LogP contribution is 2.20. The number of hydrogen-bond acceptors (Lipinski definition) is 2. The average Bonchev–Trinajstić information content (AvgIpc) is 2.71. The minimum absolute atomic E-state index is 1.05. The third-order valence-electron chi connectivity index (χ3n) is 3.72. The van der Waals surface area contributed by atoms with E-state index in [1.807, 2.05) is 11.3 Å². The fourth-order valence-corrected chi connectivity index (χ4v) is 3.36. The summed E-state index contributed by atoms with van der Waals surface area (Å²) in [7, 11) is 0. The van der Waals surface area contributed by atoms with Crippen LogP contribution in [0.25, 0.3) is 0 Å². The first-order valence-electron chi connectivity index (χ1n) is 8.00. The largest absolute Gasteiger partial charge is 0.312 e. The molecule has 0 saturated heterocycles. The van der Waals surface area contributed by atoms with Crippen molar-refractivity contribution < 1.29 is 0 Å². The molecule has 0 atom stereocenters. The van der Waals surface area contributed by atoms with E-state index in [-0.39, 0.29) is 0 Å². The number of unbranched alkanes of at least 4 members (excludes halogenated alkanes) is 7. The van der Waals surface area contributed by atoms with E-state index in [2.05, 4.69) is 32.2 Å². The summed E-state index contributed by atoms with van der Waals surface area (Å²) in [6.45, 7) is 8.92. The quantitative estimate of drug-likeness (QED) is 0.521. The lowest BCUT2D eigenvalue weighted by molar-refractivity contribution is 0.556. The van der Waals surface area contributed by atoms with Crippen LogP contribution in [-0.4, -0.2) is 6.54 Å². The van der Waals surface area contributed by atoms with E-state index in [1.165, 1.54) is 73.2 Å². The molecule has 0 aromatic carbocycles. The van der Waals surface area contributed by atoms with E-state index in [9.17, 15) is 0 Å². The van der Waals surface area contributed by atoms with Gasteiger partial charge in [-0.05, 0) is 38.4 Å². The van der Waals surface area contributed by atoms with Crippen molar-refractivity contribution in [3.8, 4) is 0 Å². The van der Waals surface area contributed by atoms with Gasteiger partial charge in [0.05, 0.1) is 0 Å². The molecule has 1 aromatic heterocycles. The van der Waals surface area contributed by atoms with Crippen molar-refractivity contribution in [2.24, 2.45) is 0 Å². The van der Waals surface area contributed by atoms with Crippen LogP contribution in [0.3, 0.4) is 0 Å². The van der Waals surface area contributed by atoms with Gasteiger partial charge >= 0.3 is 0 Å². The first kappa shape index (κ1) is 16.7. The predicted octanol–water partition coefficient (Wildman–Crippen LogP) is 5.60. The van der Waals surface area contributed by atoms with Crippen LogP contribution in [0.4, 0.5) is 0 Å². The SMILES string of the molecule is CCCCCCCCCCNCc1cc(C)c(C)s1. The van der Waals surface area contributed by atoms with E-state index in [0.717, 1.165) is 6.54 Å². The summed E-state index contributed by atoms with van der Waals surface area (Å²) >= 11 is 1.93. The molecule has 0 aliphatic carbocycles. The molecule has 0 aliphatic rings. The molecular weight excluding hydrogens is 250 g/mol. The minimum atomic E-state index is 1.05. The molecule has 0 saturated carbocycles. The number of hydrogen-bond donors (Lipinski definition) is 1. The van der Waals surface area contributed by atoms with Crippen LogP contribution in [0.1, 0.15) is 73.6 Å². The monoisotopic (exact) mass is 281 g/mol. The number of rotatable bonds is 11. The molecule has 0 fully saturated rings. The lowest BCUT2D eigenvalue weighted by Gasteiger charge is -2.03. The molecule has 1 nitrogen and oxygen atoms in total. The Hall–Kier alpha value is -0.340. The molecule has 0 unspecified atom stereocenters. The lowest BCUT2D eigenvalue weighted by atomic mass is 10.1. The number of thiophene rings is 1. The van der Waals surface area contributed by atoms with Crippen molar-refractivity contribution in [3.05, 3.63) is 21.4 Å². The highest BCUT2D eigenvalue weighted by atomic mass is 32.1. The molecular formula is C17H31NS. The molecule has 1 heterocycles. The number of aryl methyl sites for hydroxylation is 2. The second-order valence-electron chi connectivity index (χ2n) is 5.60. The van der Waals surface area contributed by atoms with Crippen LogP contribution in [0, 0.1) is 13.8 Å². The van der Waals surface area contributed by atoms with E-state index >= 15 is 0 Å².